The van der Waals surface area contributed by atoms with Crippen molar-refractivity contribution in [2.24, 2.45) is 29.6 Å². The Hall–Kier alpha value is -3.30. The number of rotatable bonds is 9. The van der Waals surface area contributed by atoms with Crippen LogP contribution in [0.4, 0.5) is 0 Å². The zero-order valence-corrected chi connectivity index (χ0v) is 33.7. The number of nitrogens with one attached hydrogen (secondary N) is 1. The average molecular weight is 760 g/mol. The quantitative estimate of drug-likeness (QED) is 0.278. The summed E-state index contributed by atoms with van der Waals surface area (Å²) in [4.78, 5) is 75.9. The van der Waals surface area contributed by atoms with Crippen LogP contribution in [-0.4, -0.2) is 120 Å². The minimum absolute atomic E-state index is 0.0357. The lowest BCUT2D eigenvalue weighted by molar-refractivity contribution is -0.295. The van der Waals surface area contributed by atoms with Crippen molar-refractivity contribution in [1.82, 2.24) is 15.2 Å². The smallest absolute Gasteiger partial charge is 0.329 e. The fourth-order valence-corrected chi connectivity index (χ4v) is 8.82. The first-order valence-corrected chi connectivity index (χ1v) is 19.2. The summed E-state index contributed by atoms with van der Waals surface area (Å²) in [6.07, 6.45) is -1.82. The highest BCUT2D eigenvalue weighted by Crippen LogP contribution is 2.45. The lowest BCUT2D eigenvalue weighted by Crippen LogP contribution is -2.59. The summed E-state index contributed by atoms with van der Waals surface area (Å²) in [5.74, 6) is -7.56. The van der Waals surface area contributed by atoms with Gasteiger partial charge < -0.3 is 39.0 Å². The molecule has 1 amide bonds. The average Bonchev–Trinajstić information content (AvgIpc) is 3.39. The van der Waals surface area contributed by atoms with Gasteiger partial charge in [-0.15, -0.1) is 0 Å². The van der Waals surface area contributed by atoms with E-state index in [1.165, 1.54) is 14.0 Å². The highest BCUT2D eigenvalue weighted by molar-refractivity contribution is 6.00. The fraction of sp³-hybridized carbons (Fsp3) is 0.750. The van der Waals surface area contributed by atoms with Crippen molar-refractivity contribution in [3.63, 3.8) is 0 Å². The van der Waals surface area contributed by atoms with Gasteiger partial charge in [-0.1, -0.05) is 33.8 Å². The van der Waals surface area contributed by atoms with Crippen LogP contribution in [0.3, 0.4) is 0 Å². The number of pyridine rings is 1. The Morgan fingerprint density at radius 2 is 1.72 bits per heavy atom. The predicted octanol–water partition coefficient (Wildman–Crippen LogP) is 3.06. The van der Waals surface area contributed by atoms with Crippen LogP contribution in [-0.2, 0) is 54.1 Å². The van der Waals surface area contributed by atoms with Gasteiger partial charge in [0, 0.05) is 55.1 Å². The number of hydrogen-bond acceptors (Lipinski definition) is 13. The fourth-order valence-electron chi connectivity index (χ4n) is 8.82. The third-order valence-electron chi connectivity index (χ3n) is 12.0. The number of esters is 2. The molecule has 54 heavy (non-hydrogen) atoms. The number of aliphatic hydroxyl groups is 1. The van der Waals surface area contributed by atoms with Crippen LogP contribution in [0.25, 0.3) is 0 Å². The second-order valence-electron chi connectivity index (χ2n) is 16.2. The number of ketones is 2. The lowest BCUT2D eigenvalue weighted by atomic mass is 9.69. The van der Waals surface area contributed by atoms with Crippen LogP contribution in [0, 0.1) is 29.6 Å². The second-order valence-corrected chi connectivity index (χ2v) is 16.2. The van der Waals surface area contributed by atoms with Gasteiger partial charge in [0.15, 0.2) is 17.7 Å². The van der Waals surface area contributed by atoms with Gasteiger partial charge in [0.1, 0.15) is 30.0 Å². The number of amides is 1. The molecule has 0 aliphatic carbocycles. The van der Waals surface area contributed by atoms with E-state index in [-0.39, 0.29) is 37.2 Å². The molecule has 4 heterocycles. The Balaban J connectivity index is 1.74. The molecule has 14 heteroatoms. The molecule has 2 N–H and O–H groups in total. The maximum atomic E-state index is 14.6. The standard InChI is InChI=1S/C40H61N3O11/c1-12-28-40(8)30(31(37(49)54-40)42-29(44)17-16-26-15-13-14-18-41-26)23(4)32(45)21(2)20-39(7,50-11)35(24(5)33(46)25(6)36(48)52-28)53-38-34(47)27(43(9)10)19-22(3)51-38/h13-15,18,21-25,27-28,30-31,34-35,38,47H,12,16-17,19-20H2,1-11H3,(H,42,44)/t21-,22-,23-,24+,25-,27+,28-,30+,31?,34-,35-,38+,39-,40-/m1/s1. The van der Waals surface area contributed by atoms with Crippen LogP contribution in [0.2, 0.25) is 0 Å². The lowest BCUT2D eigenvalue weighted by Gasteiger charge is -2.47. The molecular formula is C40H61N3O11. The summed E-state index contributed by atoms with van der Waals surface area (Å²) in [5.41, 5.74) is -2.14. The van der Waals surface area contributed by atoms with Crippen molar-refractivity contribution in [3.8, 4) is 0 Å². The zero-order valence-electron chi connectivity index (χ0n) is 33.7. The van der Waals surface area contributed by atoms with Crippen molar-refractivity contribution in [2.75, 3.05) is 21.2 Å². The molecule has 1 unspecified atom stereocenters. The van der Waals surface area contributed by atoms with Crippen LogP contribution < -0.4 is 5.32 Å². The number of carbonyl (C=O) groups excluding carboxylic acids is 5. The van der Waals surface area contributed by atoms with Gasteiger partial charge in [-0.2, -0.15) is 0 Å². The molecule has 3 aliphatic heterocycles. The van der Waals surface area contributed by atoms with Gasteiger partial charge in [-0.3, -0.25) is 24.2 Å². The molecule has 3 fully saturated rings. The number of likely N-dealkylation sites (N-methyl/N-ethyl adjacent to an activating group) is 1. The summed E-state index contributed by atoms with van der Waals surface area (Å²) in [6, 6.07) is 3.88. The van der Waals surface area contributed by atoms with Crippen LogP contribution >= 0.6 is 0 Å². The summed E-state index contributed by atoms with van der Waals surface area (Å²) >= 11 is 0. The normalized spacial score (nSPS) is 39.7. The van der Waals surface area contributed by atoms with Gasteiger partial charge in [-0.25, -0.2) is 4.79 Å². The molecule has 3 aliphatic rings. The minimum Gasteiger partial charge on any atom is -0.458 e. The highest BCUT2D eigenvalue weighted by Gasteiger charge is 2.62. The van der Waals surface area contributed by atoms with Gasteiger partial charge in [-0.05, 0) is 79.6 Å². The van der Waals surface area contributed by atoms with E-state index in [2.05, 4.69) is 10.3 Å². The molecule has 0 radical (unpaired) electrons. The third kappa shape index (κ3) is 9.04. The maximum Gasteiger partial charge on any atom is 0.329 e. The minimum atomic E-state index is -1.53. The first kappa shape index (κ1) is 43.4. The van der Waals surface area contributed by atoms with Crippen LogP contribution in [0.5, 0.6) is 0 Å². The molecule has 14 nitrogen and oxygen atoms in total. The number of hydrogen-bond donors (Lipinski definition) is 2. The largest absolute Gasteiger partial charge is 0.458 e. The van der Waals surface area contributed by atoms with E-state index in [1.54, 1.807) is 59.9 Å². The molecular weight excluding hydrogens is 698 g/mol. The molecule has 0 bridgehead atoms. The summed E-state index contributed by atoms with van der Waals surface area (Å²) in [7, 11) is 5.17. The van der Waals surface area contributed by atoms with Crippen molar-refractivity contribution < 1.29 is 52.8 Å². The third-order valence-corrected chi connectivity index (χ3v) is 12.0. The van der Waals surface area contributed by atoms with E-state index in [0.717, 1.165) is 0 Å². The van der Waals surface area contributed by atoms with E-state index < -0.39 is 95.1 Å². The van der Waals surface area contributed by atoms with E-state index in [4.69, 9.17) is 23.7 Å². The Morgan fingerprint density at radius 1 is 1.04 bits per heavy atom. The van der Waals surface area contributed by atoms with Crippen molar-refractivity contribution in [2.45, 2.75) is 141 Å². The summed E-state index contributed by atoms with van der Waals surface area (Å²) in [5, 5.41) is 14.2. The Bertz CT molecular complexity index is 1510. The number of cyclic esters (lactones) is 1. The second kappa shape index (κ2) is 17.7. The molecule has 3 saturated heterocycles. The molecule has 1 aromatic rings. The van der Waals surface area contributed by atoms with E-state index in [1.807, 2.05) is 32.0 Å². The van der Waals surface area contributed by atoms with Gasteiger partial charge in [0.25, 0.3) is 0 Å². The number of nitrogens with zero attached hydrogens (tertiary/aromatic N) is 2. The van der Waals surface area contributed by atoms with Crippen molar-refractivity contribution >= 4 is 29.4 Å². The Labute approximate surface area is 319 Å². The van der Waals surface area contributed by atoms with Crippen LogP contribution in [0.15, 0.2) is 24.4 Å². The SMILES string of the molecule is CC[C@H]1OC(=O)[C@H](C)C(=O)[C@H](C)[C@@H](O[C@@H]2O[C@H](C)C[C@H](N(C)C)[C@H]2O)[C@](C)(OC)C[C@@H](C)C(=O)[C@H](C)[C@H]2C(NC(=O)CCc3ccccn3)C(=O)O[C@@]21C. The molecule has 4 rings (SSSR count). The van der Waals surface area contributed by atoms with Gasteiger partial charge in [0.05, 0.1) is 17.8 Å². The van der Waals surface area contributed by atoms with E-state index in [0.29, 0.717) is 18.5 Å². The monoisotopic (exact) mass is 759 g/mol. The molecule has 0 saturated carbocycles. The maximum absolute atomic E-state index is 14.6. The number of ether oxygens (including phenoxy) is 5. The highest BCUT2D eigenvalue weighted by atomic mass is 16.7. The van der Waals surface area contributed by atoms with Crippen molar-refractivity contribution in [1.29, 1.82) is 0 Å². The first-order chi connectivity index (χ1) is 25.3. The Kier molecular flexibility index (Phi) is 14.2. The van der Waals surface area contributed by atoms with E-state index >= 15 is 0 Å². The predicted molar refractivity (Wildman–Crippen MR) is 197 cm³/mol. The number of fused-ring (bicyclic) bond motifs is 1. The Morgan fingerprint density at radius 3 is 2.31 bits per heavy atom. The number of aliphatic hydroxyl groups excluding tert-OH is 1. The molecule has 302 valence electrons. The number of aromatic nitrogens is 1. The van der Waals surface area contributed by atoms with Gasteiger partial charge in [0.2, 0.25) is 5.91 Å². The zero-order chi connectivity index (χ0) is 40.3. The first-order valence-electron chi connectivity index (χ1n) is 19.2. The van der Waals surface area contributed by atoms with Gasteiger partial charge >= 0.3 is 11.9 Å². The number of aryl methyl sites for hydroxylation is 1. The topological polar surface area (TPSA) is 180 Å². The molecule has 0 spiro atoms. The molecule has 14 atom stereocenters. The number of carbonyl (C=O) groups is 5. The molecule has 0 aromatic carbocycles. The van der Waals surface area contributed by atoms with E-state index in [9.17, 15) is 29.1 Å². The molecule has 1 aromatic heterocycles. The number of Topliss-reactive ketones (excluding diaryl/α,β-unsaturated/α-hetero) is 2. The van der Waals surface area contributed by atoms with Crippen molar-refractivity contribution in [3.05, 3.63) is 30.1 Å². The summed E-state index contributed by atoms with van der Waals surface area (Å²) in [6.45, 7) is 13.5. The summed E-state index contributed by atoms with van der Waals surface area (Å²) < 4.78 is 30.8. The number of methoxy groups -OCH3 is 1. The van der Waals surface area contributed by atoms with Crippen LogP contribution in [0.1, 0.15) is 86.8 Å².